The number of halogens is 1. The van der Waals surface area contributed by atoms with Gasteiger partial charge in [0, 0.05) is 61.1 Å². The molecular formula is C36H44FN5O2. The van der Waals surface area contributed by atoms with Crippen LogP contribution >= 0.6 is 0 Å². The van der Waals surface area contributed by atoms with Crippen LogP contribution in [0.1, 0.15) is 43.4 Å². The summed E-state index contributed by atoms with van der Waals surface area (Å²) in [6.07, 6.45) is 6.74. The van der Waals surface area contributed by atoms with Crippen LogP contribution in [0.15, 0.2) is 66.9 Å². The van der Waals surface area contributed by atoms with Crippen LogP contribution in [0.2, 0.25) is 0 Å². The predicted octanol–water partition coefficient (Wildman–Crippen LogP) is 6.80. The number of piperidine rings is 1. The Bertz CT molecular complexity index is 1470. The van der Waals surface area contributed by atoms with Crippen molar-refractivity contribution in [2.24, 2.45) is 17.8 Å². The average Bonchev–Trinajstić information content (AvgIpc) is 3.66. The summed E-state index contributed by atoms with van der Waals surface area (Å²) >= 11 is 0. The van der Waals surface area contributed by atoms with Crippen LogP contribution in [0.25, 0.3) is 4.85 Å². The summed E-state index contributed by atoms with van der Waals surface area (Å²) < 4.78 is 22.4. The van der Waals surface area contributed by atoms with Gasteiger partial charge in [-0.1, -0.05) is 30.7 Å². The number of likely N-dealkylation sites (tertiary alicyclic amines) is 1. The minimum Gasteiger partial charge on any atom is -0.453 e. The number of ether oxygens (including phenoxy) is 1. The fourth-order valence-corrected chi connectivity index (χ4v) is 8.42. The number of rotatable bonds is 9. The van der Waals surface area contributed by atoms with Crippen LogP contribution < -0.4 is 10.2 Å². The van der Waals surface area contributed by atoms with Gasteiger partial charge in [-0.3, -0.25) is 0 Å². The molecule has 2 aromatic carbocycles. The highest BCUT2D eigenvalue weighted by Crippen LogP contribution is 2.52. The fourth-order valence-electron chi connectivity index (χ4n) is 8.42. The summed E-state index contributed by atoms with van der Waals surface area (Å²) in [7, 11) is 1.42. The highest BCUT2D eigenvalue weighted by Gasteiger charge is 2.52. The van der Waals surface area contributed by atoms with Gasteiger partial charge in [0.25, 0.3) is 0 Å². The van der Waals surface area contributed by atoms with Crippen molar-refractivity contribution in [2.45, 2.75) is 57.0 Å². The number of amides is 1. The van der Waals surface area contributed by atoms with Gasteiger partial charge < -0.3 is 24.4 Å². The van der Waals surface area contributed by atoms with E-state index in [1.807, 2.05) is 18.2 Å². The predicted molar refractivity (Wildman–Crippen MR) is 171 cm³/mol. The second-order valence-electron chi connectivity index (χ2n) is 13.1. The number of anilines is 1. The Balaban J connectivity index is 1.22. The molecular weight excluding hydrogens is 553 g/mol. The number of methoxy groups -OCH3 is 1. The first-order chi connectivity index (χ1) is 21.4. The average molecular weight is 598 g/mol. The molecule has 3 fully saturated rings. The number of alkyl carbamates (subject to hydrolysis) is 1. The summed E-state index contributed by atoms with van der Waals surface area (Å²) in [6, 6.07) is 19.4. The minimum atomic E-state index is -0.390. The maximum absolute atomic E-state index is 15.0. The van der Waals surface area contributed by atoms with Crippen molar-refractivity contribution in [3.8, 4) is 0 Å². The van der Waals surface area contributed by atoms with Gasteiger partial charge in [0.15, 0.2) is 5.69 Å². The van der Waals surface area contributed by atoms with Crippen molar-refractivity contribution in [3.05, 3.63) is 95.4 Å². The molecule has 3 heterocycles. The van der Waals surface area contributed by atoms with Crippen LogP contribution in [0.3, 0.4) is 0 Å². The molecule has 232 valence electrons. The number of carbonyl (C=O) groups excluding carboxylic acids is 1. The van der Waals surface area contributed by atoms with Crippen LogP contribution in [0.5, 0.6) is 0 Å². The Hall–Kier alpha value is -3.83. The zero-order valence-electron chi connectivity index (χ0n) is 25.9. The topological polar surface area (TPSA) is 54.1 Å². The molecule has 3 aromatic rings. The van der Waals surface area contributed by atoms with E-state index in [2.05, 4.69) is 68.0 Å². The molecule has 1 saturated carbocycles. The van der Waals surface area contributed by atoms with Gasteiger partial charge in [0.2, 0.25) is 0 Å². The third kappa shape index (κ3) is 6.08. The lowest BCUT2D eigenvalue weighted by molar-refractivity contribution is 0.0544. The molecule has 0 bridgehead atoms. The van der Waals surface area contributed by atoms with Crippen LogP contribution in [-0.4, -0.2) is 61.4 Å². The van der Waals surface area contributed by atoms with Gasteiger partial charge in [-0.15, -0.1) is 0 Å². The third-order valence-electron chi connectivity index (χ3n) is 10.7. The van der Waals surface area contributed by atoms with Gasteiger partial charge in [0.1, 0.15) is 5.82 Å². The fraction of sp³-hybridized carbons (Fsp3) is 0.500. The van der Waals surface area contributed by atoms with E-state index in [9.17, 15) is 9.18 Å². The van der Waals surface area contributed by atoms with E-state index in [0.717, 1.165) is 76.9 Å². The molecule has 0 spiro atoms. The molecule has 3 aliphatic rings. The first-order valence-corrected chi connectivity index (χ1v) is 16.1. The summed E-state index contributed by atoms with van der Waals surface area (Å²) in [5.74, 6) is 0.927. The van der Waals surface area contributed by atoms with Crippen molar-refractivity contribution in [1.82, 2.24) is 14.8 Å². The normalized spacial score (nSPS) is 22.6. The molecule has 6 rings (SSSR count). The van der Waals surface area contributed by atoms with Gasteiger partial charge in [-0.05, 0) is 99.5 Å². The lowest BCUT2D eigenvalue weighted by atomic mass is 9.58. The Morgan fingerprint density at radius 3 is 2.50 bits per heavy atom. The Kier molecular flexibility index (Phi) is 8.95. The highest BCUT2D eigenvalue weighted by molar-refractivity contribution is 5.67. The summed E-state index contributed by atoms with van der Waals surface area (Å²) in [6.45, 7) is 15.3. The second-order valence-corrected chi connectivity index (χ2v) is 13.1. The van der Waals surface area contributed by atoms with Crippen LogP contribution in [0.4, 0.5) is 20.6 Å². The molecule has 1 amide bonds. The summed E-state index contributed by atoms with van der Waals surface area (Å²) in [4.78, 5) is 21.0. The van der Waals surface area contributed by atoms with E-state index < -0.39 is 0 Å². The lowest BCUT2D eigenvalue weighted by Crippen LogP contribution is -2.56. The monoisotopic (exact) mass is 597 g/mol. The first-order valence-electron chi connectivity index (χ1n) is 16.1. The molecule has 8 heteroatoms. The minimum absolute atomic E-state index is 0.0237. The molecule has 2 saturated heterocycles. The lowest BCUT2D eigenvalue weighted by Gasteiger charge is -2.51. The highest BCUT2D eigenvalue weighted by atomic mass is 19.1. The van der Waals surface area contributed by atoms with E-state index in [4.69, 9.17) is 11.3 Å². The van der Waals surface area contributed by atoms with E-state index in [0.29, 0.717) is 17.5 Å². The molecule has 0 unspecified atom stereocenters. The number of nitrogens with zero attached hydrogens (tertiary/aromatic N) is 4. The molecule has 1 aromatic heterocycles. The SMILES string of the molecule is [C-]#[N+]c1ccc(N2CC(CN3CCC([C@@](Cn4cccc4C)(c4cccc(F)c4)[C@H]4CCC[C@@H]4NC(=O)OC)CC3)C2)cc1. The van der Waals surface area contributed by atoms with E-state index >= 15 is 0 Å². The smallest absolute Gasteiger partial charge is 0.407 e. The number of hydrogen-bond donors (Lipinski definition) is 1. The molecule has 0 radical (unpaired) electrons. The second kappa shape index (κ2) is 13.0. The molecule has 3 atom stereocenters. The number of nitrogens with one attached hydrogen (secondary N) is 1. The van der Waals surface area contributed by atoms with Crippen molar-refractivity contribution in [1.29, 1.82) is 0 Å². The van der Waals surface area contributed by atoms with Crippen LogP contribution in [-0.2, 0) is 16.7 Å². The molecule has 1 aliphatic carbocycles. The maximum atomic E-state index is 15.0. The van der Waals surface area contributed by atoms with Crippen molar-refractivity contribution in [2.75, 3.05) is 44.7 Å². The summed E-state index contributed by atoms with van der Waals surface area (Å²) in [5, 5.41) is 3.18. The number of hydrogen-bond acceptors (Lipinski definition) is 4. The zero-order chi connectivity index (χ0) is 30.7. The number of aromatic nitrogens is 1. The Morgan fingerprint density at radius 1 is 1.07 bits per heavy atom. The number of carbonyl (C=O) groups is 1. The van der Waals surface area contributed by atoms with Crippen molar-refractivity contribution < 1.29 is 13.9 Å². The summed E-state index contributed by atoms with van der Waals surface area (Å²) in [5.41, 5.74) is 3.77. The number of benzene rings is 2. The largest absolute Gasteiger partial charge is 0.453 e. The van der Waals surface area contributed by atoms with Crippen molar-refractivity contribution >= 4 is 17.5 Å². The van der Waals surface area contributed by atoms with E-state index in [-0.39, 0.29) is 29.3 Å². The Labute approximate surface area is 260 Å². The Morgan fingerprint density at radius 2 is 1.84 bits per heavy atom. The van der Waals surface area contributed by atoms with Crippen molar-refractivity contribution in [3.63, 3.8) is 0 Å². The van der Waals surface area contributed by atoms with Crippen LogP contribution in [0, 0.1) is 37.1 Å². The molecule has 2 aliphatic heterocycles. The zero-order valence-corrected chi connectivity index (χ0v) is 25.9. The van der Waals surface area contributed by atoms with Gasteiger partial charge >= 0.3 is 6.09 Å². The molecule has 44 heavy (non-hydrogen) atoms. The maximum Gasteiger partial charge on any atom is 0.407 e. The molecule has 7 nitrogen and oxygen atoms in total. The number of aryl methyl sites for hydroxylation is 1. The quantitative estimate of drug-likeness (QED) is 0.276. The van der Waals surface area contributed by atoms with E-state index in [1.54, 1.807) is 6.07 Å². The van der Waals surface area contributed by atoms with Gasteiger partial charge in [-0.2, -0.15) is 0 Å². The van der Waals surface area contributed by atoms with E-state index in [1.165, 1.54) is 24.6 Å². The van der Waals surface area contributed by atoms with Gasteiger partial charge in [0.05, 0.1) is 13.7 Å². The first kappa shape index (κ1) is 30.2. The standard InChI is InChI=1S/C36H44FN5O2/c1-26-7-6-18-41(26)25-36(29-8-4-9-30(37)21-29,33-10-5-11-34(33)39-35(43)44-3)28-16-19-40(20-17-28)22-27-23-42(24-27)32-14-12-31(38-2)13-15-32/h4,6-9,12-15,18,21,27-28,33-34H,5,10-11,16-17,19-20,22-25H2,1,3H3,(H,39,43)/t33-,34-,36-/m0/s1. The molecule has 1 N–H and O–H groups in total. The van der Waals surface area contributed by atoms with Gasteiger partial charge in [-0.25, -0.2) is 14.0 Å². The third-order valence-corrected chi connectivity index (χ3v) is 10.7.